The zero-order chi connectivity index (χ0) is 14.8. The fourth-order valence-corrected chi connectivity index (χ4v) is 2.87. The maximum absolute atomic E-state index is 13.2. The van der Waals surface area contributed by atoms with E-state index in [0.29, 0.717) is 0 Å². The smallest absolute Gasteiger partial charge is 0.209 e. The lowest BCUT2D eigenvalue weighted by Crippen LogP contribution is -2.22. The molecule has 0 aliphatic rings. The van der Waals surface area contributed by atoms with Gasteiger partial charge in [-0.15, -0.1) is 0 Å². The van der Waals surface area contributed by atoms with E-state index in [1.54, 1.807) is 6.07 Å². The fourth-order valence-electron chi connectivity index (χ4n) is 2.87. The van der Waals surface area contributed by atoms with Crippen molar-refractivity contribution in [3.63, 3.8) is 0 Å². The fraction of sp³-hybridized carbons (Fsp3) is 0.824. The average molecular weight is 282 g/mol. The number of nitrogens with one attached hydrogen (secondary N) is 1. The molecule has 1 aromatic rings. The van der Waals surface area contributed by atoms with Gasteiger partial charge in [0.1, 0.15) is 0 Å². The summed E-state index contributed by atoms with van der Waals surface area (Å²) in [5.74, 6) is -0.312. The summed E-state index contributed by atoms with van der Waals surface area (Å²) in [6, 6.07) is 1.58. The summed E-state index contributed by atoms with van der Waals surface area (Å²) in [4.78, 5) is 0. The maximum Gasteiger partial charge on any atom is 0.209 e. The molecule has 1 heterocycles. The van der Waals surface area contributed by atoms with Gasteiger partial charge in [-0.3, -0.25) is 5.10 Å². The van der Waals surface area contributed by atoms with Gasteiger partial charge in [0, 0.05) is 11.5 Å². The monoisotopic (exact) mass is 282 g/mol. The summed E-state index contributed by atoms with van der Waals surface area (Å²) in [6.45, 7) is 6.71. The highest BCUT2D eigenvalue weighted by molar-refractivity contribution is 5.14. The lowest BCUT2D eigenvalue weighted by Gasteiger charge is -2.28. The van der Waals surface area contributed by atoms with Crippen LogP contribution in [0.15, 0.2) is 6.07 Å². The molecule has 0 radical (unpaired) electrons. The Balaban J connectivity index is 2.57. The van der Waals surface area contributed by atoms with Gasteiger partial charge in [0.2, 0.25) is 5.95 Å². The van der Waals surface area contributed by atoms with E-state index in [-0.39, 0.29) is 11.4 Å². The number of rotatable bonds is 11. The third-order valence-corrected chi connectivity index (χ3v) is 4.33. The number of hydrogen-bond donors (Lipinski definition) is 1. The van der Waals surface area contributed by atoms with Crippen LogP contribution in [0, 0.1) is 5.95 Å². The van der Waals surface area contributed by atoms with E-state index in [2.05, 4.69) is 31.0 Å². The van der Waals surface area contributed by atoms with Crippen LogP contribution in [-0.4, -0.2) is 10.2 Å². The summed E-state index contributed by atoms with van der Waals surface area (Å²) in [7, 11) is 0. The molecule has 20 heavy (non-hydrogen) atoms. The van der Waals surface area contributed by atoms with Gasteiger partial charge in [-0.1, -0.05) is 72.1 Å². The first-order chi connectivity index (χ1) is 9.62. The molecule has 1 N–H and O–H groups in total. The molecule has 2 nitrogen and oxygen atoms in total. The predicted octanol–water partition coefficient (Wildman–Crippen LogP) is 5.75. The molecule has 0 amide bonds. The number of hydrogen-bond acceptors (Lipinski definition) is 1. The Morgan fingerprint density at radius 1 is 1.00 bits per heavy atom. The standard InChI is InChI=1S/C17H31FN2/c1-4-6-8-10-12-17(3,13-11-9-7-5-2)15-14-16(18)20-19-15/h14H,4-13H2,1-3H3,(H,19,20). The van der Waals surface area contributed by atoms with Crippen molar-refractivity contribution in [1.82, 2.24) is 10.2 Å². The van der Waals surface area contributed by atoms with Crippen molar-refractivity contribution in [3.05, 3.63) is 17.7 Å². The second kappa shape index (κ2) is 9.15. The highest BCUT2D eigenvalue weighted by atomic mass is 19.1. The van der Waals surface area contributed by atoms with Crippen molar-refractivity contribution >= 4 is 0 Å². The van der Waals surface area contributed by atoms with Gasteiger partial charge < -0.3 is 0 Å². The molecule has 0 aliphatic heterocycles. The summed E-state index contributed by atoms with van der Waals surface area (Å²) in [5.41, 5.74) is 0.936. The van der Waals surface area contributed by atoms with Gasteiger partial charge in [0.25, 0.3) is 0 Å². The summed E-state index contributed by atoms with van der Waals surface area (Å²) < 4.78 is 13.2. The first-order valence-corrected chi connectivity index (χ1v) is 8.33. The van der Waals surface area contributed by atoms with Crippen molar-refractivity contribution in [3.8, 4) is 0 Å². The molecule has 0 aromatic carbocycles. The molecule has 1 rings (SSSR count). The first-order valence-electron chi connectivity index (χ1n) is 8.33. The van der Waals surface area contributed by atoms with E-state index < -0.39 is 0 Å². The number of unbranched alkanes of at least 4 members (excludes halogenated alkanes) is 6. The molecule has 3 heteroatoms. The number of aromatic nitrogens is 2. The van der Waals surface area contributed by atoms with E-state index in [1.807, 2.05) is 0 Å². The minimum Gasteiger partial charge on any atom is -0.253 e. The number of nitrogens with zero attached hydrogens (tertiary/aromatic N) is 1. The van der Waals surface area contributed by atoms with Crippen LogP contribution in [0.3, 0.4) is 0 Å². The molecule has 0 fully saturated rings. The second-order valence-corrected chi connectivity index (χ2v) is 6.28. The van der Waals surface area contributed by atoms with Crippen LogP contribution in [0.2, 0.25) is 0 Å². The van der Waals surface area contributed by atoms with E-state index in [1.165, 1.54) is 51.4 Å². The minimum absolute atomic E-state index is 0.0301. The van der Waals surface area contributed by atoms with Crippen LogP contribution in [0.25, 0.3) is 0 Å². The average Bonchev–Trinajstić information content (AvgIpc) is 2.87. The topological polar surface area (TPSA) is 28.7 Å². The Labute approximate surface area is 123 Å². The quantitative estimate of drug-likeness (QED) is 0.514. The molecule has 0 saturated heterocycles. The van der Waals surface area contributed by atoms with E-state index in [4.69, 9.17) is 0 Å². The Bertz CT molecular complexity index is 348. The van der Waals surface area contributed by atoms with Crippen LogP contribution in [0.5, 0.6) is 0 Å². The molecular formula is C17H31FN2. The highest BCUT2D eigenvalue weighted by Crippen LogP contribution is 2.34. The van der Waals surface area contributed by atoms with E-state index in [0.717, 1.165) is 18.5 Å². The zero-order valence-corrected chi connectivity index (χ0v) is 13.5. The van der Waals surface area contributed by atoms with Crippen molar-refractivity contribution in [2.75, 3.05) is 0 Å². The molecular weight excluding hydrogens is 251 g/mol. The maximum atomic E-state index is 13.2. The normalized spacial score (nSPS) is 12.0. The third-order valence-electron chi connectivity index (χ3n) is 4.33. The summed E-state index contributed by atoms with van der Waals surface area (Å²) in [6.07, 6.45) is 12.3. The molecule has 0 spiro atoms. The Hall–Kier alpha value is -0.860. The number of aromatic amines is 1. The molecule has 0 unspecified atom stereocenters. The Morgan fingerprint density at radius 2 is 1.55 bits per heavy atom. The number of halogens is 1. The van der Waals surface area contributed by atoms with Crippen LogP contribution in [0.1, 0.15) is 90.7 Å². The molecule has 116 valence electrons. The van der Waals surface area contributed by atoms with Gasteiger partial charge >= 0.3 is 0 Å². The van der Waals surface area contributed by atoms with Gasteiger partial charge in [-0.05, 0) is 12.8 Å². The molecule has 0 atom stereocenters. The molecule has 0 bridgehead atoms. The lowest BCUT2D eigenvalue weighted by atomic mass is 9.77. The van der Waals surface area contributed by atoms with E-state index in [9.17, 15) is 4.39 Å². The highest BCUT2D eigenvalue weighted by Gasteiger charge is 2.28. The zero-order valence-electron chi connectivity index (χ0n) is 13.5. The Kier molecular flexibility index (Phi) is 7.86. The summed E-state index contributed by atoms with van der Waals surface area (Å²) in [5, 5.41) is 6.65. The number of H-pyrrole nitrogens is 1. The van der Waals surface area contributed by atoms with Crippen LogP contribution < -0.4 is 0 Å². The van der Waals surface area contributed by atoms with Gasteiger partial charge in [-0.25, -0.2) is 0 Å². The van der Waals surface area contributed by atoms with Crippen molar-refractivity contribution in [1.29, 1.82) is 0 Å². The third kappa shape index (κ3) is 5.64. The molecule has 1 aromatic heterocycles. The van der Waals surface area contributed by atoms with Crippen LogP contribution in [0.4, 0.5) is 4.39 Å². The van der Waals surface area contributed by atoms with Gasteiger partial charge in [0.05, 0.1) is 5.69 Å². The minimum atomic E-state index is -0.312. The SMILES string of the molecule is CCCCCCC(C)(CCCCCC)c1cc(F)[nH]n1. The lowest BCUT2D eigenvalue weighted by molar-refractivity contribution is 0.355. The largest absolute Gasteiger partial charge is 0.253 e. The summed E-state index contributed by atoms with van der Waals surface area (Å²) >= 11 is 0. The predicted molar refractivity (Wildman–Crippen MR) is 83.4 cm³/mol. The van der Waals surface area contributed by atoms with Crippen molar-refractivity contribution < 1.29 is 4.39 Å². The van der Waals surface area contributed by atoms with E-state index >= 15 is 0 Å². The van der Waals surface area contributed by atoms with Gasteiger partial charge in [0.15, 0.2) is 0 Å². The van der Waals surface area contributed by atoms with Crippen LogP contribution >= 0.6 is 0 Å². The van der Waals surface area contributed by atoms with Crippen LogP contribution in [-0.2, 0) is 5.41 Å². The Morgan fingerprint density at radius 3 is 1.95 bits per heavy atom. The van der Waals surface area contributed by atoms with Crippen molar-refractivity contribution in [2.45, 2.75) is 90.4 Å². The second-order valence-electron chi connectivity index (χ2n) is 6.28. The molecule has 0 aliphatic carbocycles. The first kappa shape index (κ1) is 17.2. The molecule has 0 saturated carbocycles. The van der Waals surface area contributed by atoms with Gasteiger partial charge in [-0.2, -0.15) is 9.49 Å². The van der Waals surface area contributed by atoms with Crippen molar-refractivity contribution in [2.24, 2.45) is 0 Å².